The number of methoxy groups -OCH3 is 1. The van der Waals surface area contributed by atoms with Crippen molar-refractivity contribution in [2.24, 2.45) is 5.92 Å². The zero-order valence-corrected chi connectivity index (χ0v) is 14.2. The van der Waals surface area contributed by atoms with E-state index in [1.807, 2.05) is 6.92 Å². The number of ether oxygens (including phenoxy) is 1. The molecule has 4 heteroatoms. The smallest absolute Gasteiger partial charge is 0.104 e. The fraction of sp³-hybridized carbons (Fsp3) is 0.938. The molecule has 0 aliphatic carbocycles. The quantitative estimate of drug-likeness (QED) is 0.633. The van der Waals surface area contributed by atoms with Gasteiger partial charge in [0.2, 0.25) is 0 Å². The molecule has 118 valence electrons. The number of hydrogen-bond acceptors (Lipinski definition) is 4. The van der Waals surface area contributed by atoms with E-state index in [2.05, 4.69) is 44.0 Å². The van der Waals surface area contributed by atoms with E-state index in [9.17, 15) is 5.26 Å². The van der Waals surface area contributed by atoms with Gasteiger partial charge in [-0.2, -0.15) is 5.26 Å². The van der Waals surface area contributed by atoms with E-state index < -0.39 is 5.54 Å². The number of nitriles is 1. The van der Waals surface area contributed by atoms with Crippen molar-refractivity contribution in [2.75, 3.05) is 33.4 Å². The van der Waals surface area contributed by atoms with Crippen molar-refractivity contribution in [3.8, 4) is 6.07 Å². The zero-order valence-electron chi connectivity index (χ0n) is 14.2. The molecule has 0 aromatic rings. The molecule has 1 N–H and O–H groups in total. The van der Waals surface area contributed by atoms with E-state index in [1.54, 1.807) is 7.11 Å². The topological polar surface area (TPSA) is 48.3 Å². The van der Waals surface area contributed by atoms with E-state index in [-0.39, 0.29) is 0 Å². The van der Waals surface area contributed by atoms with Crippen LogP contribution in [0.4, 0.5) is 0 Å². The SMILES string of the molecule is COCCN(CCCC(C)(C#N)NC(C)C)CC(C)C. The van der Waals surface area contributed by atoms with Gasteiger partial charge in [-0.3, -0.25) is 5.32 Å². The first-order valence-corrected chi connectivity index (χ1v) is 7.73. The Bertz CT molecular complexity index is 286. The third-order valence-electron chi connectivity index (χ3n) is 3.24. The highest BCUT2D eigenvalue weighted by Crippen LogP contribution is 2.13. The van der Waals surface area contributed by atoms with Gasteiger partial charge >= 0.3 is 0 Å². The molecule has 0 aromatic heterocycles. The molecule has 0 fully saturated rings. The van der Waals surface area contributed by atoms with Crippen molar-refractivity contribution in [1.82, 2.24) is 10.2 Å². The second-order valence-electron chi connectivity index (χ2n) is 6.53. The van der Waals surface area contributed by atoms with Crippen LogP contribution < -0.4 is 5.32 Å². The van der Waals surface area contributed by atoms with Gasteiger partial charge in [-0.1, -0.05) is 13.8 Å². The van der Waals surface area contributed by atoms with Crippen LogP contribution in [0.3, 0.4) is 0 Å². The maximum Gasteiger partial charge on any atom is 0.104 e. The van der Waals surface area contributed by atoms with Gasteiger partial charge < -0.3 is 9.64 Å². The fourth-order valence-corrected chi connectivity index (χ4v) is 2.48. The van der Waals surface area contributed by atoms with Crippen molar-refractivity contribution in [3.05, 3.63) is 0 Å². The van der Waals surface area contributed by atoms with Crippen molar-refractivity contribution in [3.63, 3.8) is 0 Å². The van der Waals surface area contributed by atoms with Crippen molar-refractivity contribution in [2.45, 2.75) is 59.0 Å². The summed E-state index contributed by atoms with van der Waals surface area (Å²) in [6.07, 6.45) is 1.91. The first kappa shape index (κ1) is 19.4. The molecule has 0 radical (unpaired) electrons. The number of nitrogens with one attached hydrogen (secondary N) is 1. The average Bonchev–Trinajstić information content (AvgIpc) is 2.34. The van der Waals surface area contributed by atoms with E-state index in [1.165, 1.54) is 0 Å². The van der Waals surface area contributed by atoms with Gasteiger partial charge in [-0.15, -0.1) is 0 Å². The second kappa shape index (κ2) is 10.1. The molecule has 0 heterocycles. The van der Waals surface area contributed by atoms with E-state index >= 15 is 0 Å². The lowest BCUT2D eigenvalue weighted by atomic mass is 9.96. The lowest BCUT2D eigenvalue weighted by Crippen LogP contribution is -2.45. The summed E-state index contributed by atoms with van der Waals surface area (Å²) in [7, 11) is 1.74. The maximum absolute atomic E-state index is 9.34. The molecule has 0 aliphatic heterocycles. The number of rotatable bonds is 11. The van der Waals surface area contributed by atoms with Crippen LogP contribution in [0.2, 0.25) is 0 Å². The van der Waals surface area contributed by atoms with Crippen LogP contribution in [0.25, 0.3) is 0 Å². The highest BCUT2D eigenvalue weighted by Gasteiger charge is 2.24. The van der Waals surface area contributed by atoms with Crippen LogP contribution in [-0.4, -0.2) is 49.8 Å². The molecule has 1 atom stereocenters. The van der Waals surface area contributed by atoms with Gasteiger partial charge in [0.05, 0.1) is 12.7 Å². The van der Waals surface area contributed by atoms with E-state index in [0.29, 0.717) is 12.0 Å². The third kappa shape index (κ3) is 9.30. The second-order valence-corrected chi connectivity index (χ2v) is 6.53. The summed E-state index contributed by atoms with van der Waals surface area (Å²) < 4.78 is 5.17. The molecule has 0 saturated carbocycles. The molecule has 1 unspecified atom stereocenters. The first-order valence-electron chi connectivity index (χ1n) is 7.73. The Hall–Kier alpha value is -0.630. The predicted octanol–water partition coefficient (Wildman–Crippen LogP) is 2.65. The zero-order chi connectivity index (χ0) is 15.6. The van der Waals surface area contributed by atoms with Gasteiger partial charge in [0.25, 0.3) is 0 Å². The van der Waals surface area contributed by atoms with Crippen LogP contribution in [0.5, 0.6) is 0 Å². The highest BCUT2D eigenvalue weighted by molar-refractivity contribution is 5.04. The largest absolute Gasteiger partial charge is 0.383 e. The molecule has 20 heavy (non-hydrogen) atoms. The van der Waals surface area contributed by atoms with Crippen molar-refractivity contribution in [1.29, 1.82) is 5.26 Å². The Morgan fingerprint density at radius 1 is 1.25 bits per heavy atom. The minimum absolute atomic E-state index is 0.333. The minimum atomic E-state index is -0.418. The summed E-state index contributed by atoms with van der Waals surface area (Å²) in [5.74, 6) is 0.656. The third-order valence-corrected chi connectivity index (χ3v) is 3.24. The Morgan fingerprint density at radius 2 is 1.90 bits per heavy atom. The Balaban J connectivity index is 4.22. The molecule has 0 amide bonds. The molecular formula is C16H33N3O. The number of nitrogens with zero attached hydrogens (tertiary/aromatic N) is 2. The highest BCUT2D eigenvalue weighted by atomic mass is 16.5. The van der Waals surface area contributed by atoms with Crippen LogP contribution >= 0.6 is 0 Å². The summed E-state index contributed by atoms with van der Waals surface area (Å²) in [6, 6.07) is 2.75. The standard InChI is InChI=1S/C16H33N3O/c1-14(2)12-19(10-11-20-6)9-7-8-16(5,13-17)18-15(3)4/h14-15,18H,7-12H2,1-6H3. The van der Waals surface area contributed by atoms with Crippen LogP contribution in [0, 0.1) is 17.2 Å². The summed E-state index contributed by atoms with van der Waals surface area (Å²) in [5, 5.41) is 12.7. The van der Waals surface area contributed by atoms with Crippen molar-refractivity contribution < 1.29 is 4.74 Å². The number of hydrogen-bond donors (Lipinski definition) is 1. The lowest BCUT2D eigenvalue weighted by Gasteiger charge is -2.28. The molecular weight excluding hydrogens is 250 g/mol. The van der Waals surface area contributed by atoms with Gasteiger partial charge in [-0.05, 0) is 46.1 Å². The Morgan fingerprint density at radius 3 is 2.35 bits per heavy atom. The van der Waals surface area contributed by atoms with Gasteiger partial charge in [-0.25, -0.2) is 0 Å². The van der Waals surface area contributed by atoms with Gasteiger partial charge in [0.15, 0.2) is 0 Å². The normalized spacial score (nSPS) is 14.8. The summed E-state index contributed by atoms with van der Waals surface area (Å²) in [4.78, 5) is 2.43. The molecule has 0 bridgehead atoms. The molecule has 0 aromatic carbocycles. The summed E-state index contributed by atoms with van der Waals surface area (Å²) in [5.41, 5.74) is -0.418. The summed E-state index contributed by atoms with van der Waals surface area (Å²) in [6.45, 7) is 14.5. The van der Waals surface area contributed by atoms with Crippen molar-refractivity contribution >= 4 is 0 Å². The molecule has 0 spiro atoms. The van der Waals surface area contributed by atoms with E-state index in [4.69, 9.17) is 4.74 Å². The lowest BCUT2D eigenvalue weighted by molar-refractivity contribution is 0.137. The molecule has 0 aliphatic rings. The molecule has 4 nitrogen and oxygen atoms in total. The fourth-order valence-electron chi connectivity index (χ4n) is 2.48. The minimum Gasteiger partial charge on any atom is -0.383 e. The van der Waals surface area contributed by atoms with Crippen LogP contribution in [0.1, 0.15) is 47.5 Å². The maximum atomic E-state index is 9.34. The monoisotopic (exact) mass is 283 g/mol. The van der Waals surface area contributed by atoms with Crippen LogP contribution in [0.15, 0.2) is 0 Å². The predicted molar refractivity (Wildman–Crippen MR) is 84.7 cm³/mol. The Labute approximate surface area is 125 Å². The summed E-state index contributed by atoms with van der Waals surface area (Å²) >= 11 is 0. The molecule has 0 saturated heterocycles. The average molecular weight is 283 g/mol. The van der Waals surface area contributed by atoms with Gasteiger partial charge in [0, 0.05) is 26.2 Å². The van der Waals surface area contributed by atoms with E-state index in [0.717, 1.165) is 39.1 Å². The van der Waals surface area contributed by atoms with Crippen LogP contribution in [-0.2, 0) is 4.74 Å². The molecule has 0 rings (SSSR count). The Kier molecular flexibility index (Phi) is 9.83. The van der Waals surface area contributed by atoms with Gasteiger partial charge in [0.1, 0.15) is 5.54 Å². The first-order chi connectivity index (χ1) is 9.33.